The van der Waals surface area contributed by atoms with E-state index in [1.807, 2.05) is 0 Å². The van der Waals surface area contributed by atoms with Crippen LogP contribution >= 0.6 is 0 Å². The summed E-state index contributed by atoms with van der Waals surface area (Å²) in [6.45, 7) is 4.29. The summed E-state index contributed by atoms with van der Waals surface area (Å²) in [7, 11) is 0. The van der Waals surface area contributed by atoms with Crippen LogP contribution in [-0.2, 0) is 15.3 Å². The van der Waals surface area contributed by atoms with Crippen molar-refractivity contribution in [1.29, 1.82) is 0 Å². The number of halogens is 2. The highest BCUT2D eigenvalue weighted by molar-refractivity contribution is 5.67. The molecule has 0 saturated carbocycles. The van der Waals surface area contributed by atoms with Crippen molar-refractivity contribution >= 4 is 5.97 Å². The number of benzene rings is 1. The van der Waals surface area contributed by atoms with Crippen molar-refractivity contribution in [3.63, 3.8) is 0 Å². The SMILES string of the molecule is C=CC(O)(OC(C)=O)c1ccc(F)cc1F. The fourth-order valence-corrected chi connectivity index (χ4v) is 1.21. The monoisotopic (exact) mass is 228 g/mol. The average Bonchev–Trinajstić information content (AvgIpc) is 2.16. The van der Waals surface area contributed by atoms with Gasteiger partial charge in [-0.25, -0.2) is 8.78 Å². The molecule has 1 aromatic rings. The molecule has 0 aliphatic rings. The molecule has 0 radical (unpaired) electrons. The van der Waals surface area contributed by atoms with Gasteiger partial charge in [0.1, 0.15) is 11.6 Å². The molecule has 86 valence electrons. The molecule has 0 spiro atoms. The zero-order chi connectivity index (χ0) is 12.3. The van der Waals surface area contributed by atoms with Crippen molar-refractivity contribution in [3.8, 4) is 0 Å². The van der Waals surface area contributed by atoms with Crippen molar-refractivity contribution in [1.82, 2.24) is 0 Å². The third-order valence-corrected chi connectivity index (χ3v) is 1.89. The first-order chi connectivity index (χ1) is 7.39. The van der Waals surface area contributed by atoms with Crippen LogP contribution in [0.25, 0.3) is 0 Å². The van der Waals surface area contributed by atoms with Crippen LogP contribution < -0.4 is 0 Å². The van der Waals surface area contributed by atoms with E-state index in [9.17, 15) is 18.7 Å². The predicted molar refractivity (Wildman–Crippen MR) is 52.2 cm³/mol. The van der Waals surface area contributed by atoms with Crippen LogP contribution in [0.1, 0.15) is 12.5 Å². The second-order valence-electron chi connectivity index (χ2n) is 3.12. The number of carbonyl (C=O) groups excluding carboxylic acids is 1. The number of hydrogen-bond donors (Lipinski definition) is 1. The molecule has 0 bridgehead atoms. The number of esters is 1. The van der Waals surface area contributed by atoms with Gasteiger partial charge in [0.2, 0.25) is 0 Å². The van der Waals surface area contributed by atoms with Crippen LogP contribution in [0.4, 0.5) is 8.78 Å². The van der Waals surface area contributed by atoms with E-state index in [2.05, 4.69) is 11.3 Å². The van der Waals surface area contributed by atoms with Gasteiger partial charge in [-0.05, 0) is 18.2 Å². The number of carbonyl (C=O) groups is 1. The molecule has 5 heteroatoms. The number of rotatable bonds is 3. The second kappa shape index (κ2) is 4.40. The fraction of sp³-hybridized carbons (Fsp3) is 0.182. The Labute approximate surface area is 91.0 Å². The Kier molecular flexibility index (Phi) is 3.39. The molecule has 1 aromatic carbocycles. The number of aliphatic hydroxyl groups is 1. The maximum absolute atomic E-state index is 13.3. The molecule has 3 nitrogen and oxygen atoms in total. The van der Waals surface area contributed by atoms with E-state index in [0.29, 0.717) is 6.07 Å². The molecule has 0 aliphatic heterocycles. The first kappa shape index (κ1) is 12.3. The van der Waals surface area contributed by atoms with Crippen LogP contribution in [0, 0.1) is 11.6 Å². The summed E-state index contributed by atoms with van der Waals surface area (Å²) in [4.78, 5) is 10.7. The standard InChI is InChI=1S/C11H10F2O3/c1-3-11(15,16-7(2)14)9-5-4-8(12)6-10(9)13/h3-6,15H,1H2,2H3. The van der Waals surface area contributed by atoms with E-state index in [1.165, 1.54) is 0 Å². The minimum Gasteiger partial charge on any atom is -0.425 e. The quantitative estimate of drug-likeness (QED) is 0.488. The van der Waals surface area contributed by atoms with Gasteiger partial charge in [0.25, 0.3) is 5.79 Å². The van der Waals surface area contributed by atoms with Crippen LogP contribution in [0.2, 0.25) is 0 Å². The minimum atomic E-state index is -2.29. The van der Waals surface area contributed by atoms with E-state index >= 15 is 0 Å². The van der Waals surface area contributed by atoms with Gasteiger partial charge in [0.15, 0.2) is 0 Å². The Bertz CT molecular complexity index is 431. The van der Waals surface area contributed by atoms with Gasteiger partial charge < -0.3 is 9.84 Å². The van der Waals surface area contributed by atoms with Gasteiger partial charge in [-0.3, -0.25) is 4.79 Å². The lowest BCUT2D eigenvalue weighted by Crippen LogP contribution is -2.30. The Morgan fingerprint density at radius 3 is 2.62 bits per heavy atom. The molecule has 0 heterocycles. The summed E-state index contributed by atoms with van der Waals surface area (Å²) in [6, 6.07) is 2.50. The zero-order valence-electron chi connectivity index (χ0n) is 8.54. The van der Waals surface area contributed by atoms with Crippen LogP contribution in [0.5, 0.6) is 0 Å². The summed E-state index contributed by atoms with van der Waals surface area (Å²) < 4.78 is 30.5. The summed E-state index contributed by atoms with van der Waals surface area (Å²) >= 11 is 0. The summed E-state index contributed by atoms with van der Waals surface area (Å²) in [5.41, 5.74) is -0.376. The van der Waals surface area contributed by atoms with Crippen molar-refractivity contribution in [2.45, 2.75) is 12.7 Å². The van der Waals surface area contributed by atoms with E-state index in [4.69, 9.17) is 0 Å². The first-order valence-electron chi connectivity index (χ1n) is 4.40. The Hall–Kier alpha value is -1.75. The van der Waals surface area contributed by atoms with Gasteiger partial charge in [-0.15, -0.1) is 0 Å². The fourth-order valence-electron chi connectivity index (χ4n) is 1.21. The second-order valence-corrected chi connectivity index (χ2v) is 3.12. The molecule has 1 rings (SSSR count). The summed E-state index contributed by atoms with van der Waals surface area (Å²) in [5, 5.41) is 9.81. The minimum absolute atomic E-state index is 0.376. The van der Waals surface area contributed by atoms with Gasteiger partial charge in [-0.2, -0.15) is 0 Å². The van der Waals surface area contributed by atoms with Crippen LogP contribution in [0.15, 0.2) is 30.9 Å². The smallest absolute Gasteiger partial charge is 0.305 e. The van der Waals surface area contributed by atoms with Gasteiger partial charge in [0, 0.05) is 13.0 Å². The Morgan fingerprint density at radius 1 is 1.56 bits per heavy atom. The zero-order valence-corrected chi connectivity index (χ0v) is 8.54. The van der Waals surface area contributed by atoms with Crippen molar-refractivity contribution in [3.05, 3.63) is 48.1 Å². The van der Waals surface area contributed by atoms with Gasteiger partial charge in [-0.1, -0.05) is 6.58 Å². The Balaban J connectivity index is 3.22. The molecule has 1 unspecified atom stereocenters. The van der Waals surface area contributed by atoms with Gasteiger partial charge >= 0.3 is 5.97 Å². The Morgan fingerprint density at radius 2 is 2.19 bits per heavy atom. The molecular weight excluding hydrogens is 218 g/mol. The van der Waals surface area contributed by atoms with Crippen molar-refractivity contribution in [2.75, 3.05) is 0 Å². The molecule has 0 aromatic heterocycles. The van der Waals surface area contributed by atoms with Crippen LogP contribution in [0.3, 0.4) is 0 Å². The molecule has 1 atom stereocenters. The number of hydrogen-bond acceptors (Lipinski definition) is 3. The normalized spacial score (nSPS) is 14.0. The highest BCUT2D eigenvalue weighted by Crippen LogP contribution is 2.27. The highest BCUT2D eigenvalue weighted by Gasteiger charge is 2.32. The average molecular weight is 228 g/mol. The third-order valence-electron chi connectivity index (χ3n) is 1.89. The van der Waals surface area contributed by atoms with E-state index < -0.39 is 23.4 Å². The highest BCUT2D eigenvalue weighted by atomic mass is 19.1. The van der Waals surface area contributed by atoms with Gasteiger partial charge in [0.05, 0.1) is 5.56 Å². The molecular formula is C11H10F2O3. The maximum Gasteiger partial charge on any atom is 0.305 e. The molecule has 0 fully saturated rings. The van der Waals surface area contributed by atoms with Crippen molar-refractivity contribution < 1.29 is 23.4 Å². The lowest BCUT2D eigenvalue weighted by atomic mass is 10.1. The molecule has 0 amide bonds. The van der Waals surface area contributed by atoms with E-state index in [-0.39, 0.29) is 5.56 Å². The predicted octanol–water partition coefficient (Wildman–Crippen LogP) is 1.86. The summed E-state index contributed by atoms with van der Waals surface area (Å²) in [5.74, 6) is -4.92. The molecule has 0 aliphatic carbocycles. The third kappa shape index (κ3) is 2.43. The van der Waals surface area contributed by atoms with Crippen molar-refractivity contribution in [2.24, 2.45) is 0 Å². The lowest BCUT2D eigenvalue weighted by molar-refractivity contribution is -0.192. The molecule has 0 saturated heterocycles. The largest absolute Gasteiger partial charge is 0.425 e. The topological polar surface area (TPSA) is 46.5 Å². The van der Waals surface area contributed by atoms with E-state index in [0.717, 1.165) is 25.1 Å². The van der Waals surface area contributed by atoms with Crippen LogP contribution in [-0.4, -0.2) is 11.1 Å². The number of ether oxygens (including phenoxy) is 1. The lowest BCUT2D eigenvalue weighted by Gasteiger charge is -2.24. The maximum atomic E-state index is 13.3. The molecule has 16 heavy (non-hydrogen) atoms. The summed E-state index contributed by atoms with van der Waals surface area (Å²) in [6.07, 6.45) is 0.852. The first-order valence-corrected chi connectivity index (χ1v) is 4.40. The molecule has 1 N–H and O–H groups in total. The van der Waals surface area contributed by atoms with E-state index in [1.54, 1.807) is 0 Å².